The first kappa shape index (κ1) is 6.14. The van der Waals surface area contributed by atoms with Crippen LogP contribution in [0.1, 0.15) is 19.8 Å². The van der Waals surface area contributed by atoms with Gasteiger partial charge in [0.15, 0.2) is 0 Å². The van der Waals surface area contributed by atoms with Gasteiger partial charge in [0.1, 0.15) is 6.29 Å². The zero-order chi connectivity index (χ0) is 7.19. The zero-order valence-electron chi connectivity index (χ0n) is 6.21. The van der Waals surface area contributed by atoms with Gasteiger partial charge in [-0.25, -0.2) is 0 Å². The zero-order valence-corrected chi connectivity index (χ0v) is 6.21. The molecule has 0 aromatic heterocycles. The predicted octanol–water partition coefficient (Wildman–Crippen LogP) is 1.79. The summed E-state index contributed by atoms with van der Waals surface area (Å²) in [6.07, 6.45) is 7.91. The lowest BCUT2D eigenvalue weighted by Gasteiger charge is -2.22. The van der Waals surface area contributed by atoms with Gasteiger partial charge in [0.05, 0.1) is 0 Å². The van der Waals surface area contributed by atoms with Crippen molar-refractivity contribution < 1.29 is 4.79 Å². The third-order valence-corrected chi connectivity index (χ3v) is 3.02. The highest BCUT2D eigenvalue weighted by molar-refractivity contribution is 5.58. The van der Waals surface area contributed by atoms with Crippen molar-refractivity contribution in [1.82, 2.24) is 0 Å². The van der Waals surface area contributed by atoms with Gasteiger partial charge in [0.25, 0.3) is 0 Å². The molecular formula is C9H12O. The molecule has 1 heteroatoms. The summed E-state index contributed by atoms with van der Waals surface area (Å²) >= 11 is 0. The van der Waals surface area contributed by atoms with Crippen LogP contribution in [0.15, 0.2) is 12.2 Å². The van der Waals surface area contributed by atoms with E-state index >= 15 is 0 Å². The molecule has 2 bridgehead atoms. The normalized spacial score (nSPS) is 50.1. The Labute approximate surface area is 61.1 Å². The molecule has 0 radical (unpaired) electrons. The summed E-state index contributed by atoms with van der Waals surface area (Å²) in [5.41, 5.74) is 0.229. The van der Waals surface area contributed by atoms with Gasteiger partial charge in [-0.05, 0) is 24.2 Å². The van der Waals surface area contributed by atoms with Crippen LogP contribution in [0.3, 0.4) is 0 Å². The van der Waals surface area contributed by atoms with Crippen molar-refractivity contribution in [2.75, 3.05) is 0 Å². The minimum atomic E-state index is 0.229. The summed E-state index contributed by atoms with van der Waals surface area (Å²) in [5, 5.41) is 0. The van der Waals surface area contributed by atoms with Crippen LogP contribution >= 0.6 is 0 Å². The lowest BCUT2D eigenvalue weighted by Crippen LogP contribution is -2.19. The van der Waals surface area contributed by atoms with Crippen molar-refractivity contribution >= 4 is 6.29 Å². The van der Waals surface area contributed by atoms with Gasteiger partial charge in [-0.2, -0.15) is 0 Å². The van der Waals surface area contributed by atoms with E-state index in [0.29, 0.717) is 11.8 Å². The van der Waals surface area contributed by atoms with E-state index in [1.165, 1.54) is 6.42 Å². The molecule has 0 aliphatic heterocycles. The maximum atomic E-state index is 10.6. The Morgan fingerprint density at radius 1 is 1.70 bits per heavy atom. The minimum Gasteiger partial charge on any atom is -0.303 e. The first-order valence-corrected chi connectivity index (χ1v) is 3.89. The summed E-state index contributed by atoms with van der Waals surface area (Å²) in [5.74, 6) is 1.02. The van der Waals surface area contributed by atoms with Crippen LogP contribution < -0.4 is 0 Å². The van der Waals surface area contributed by atoms with Gasteiger partial charge in [-0.1, -0.05) is 19.1 Å². The third-order valence-electron chi connectivity index (χ3n) is 3.02. The summed E-state index contributed by atoms with van der Waals surface area (Å²) in [4.78, 5) is 10.6. The Morgan fingerprint density at radius 2 is 2.50 bits per heavy atom. The Balaban J connectivity index is 2.31. The number of carbonyl (C=O) groups is 1. The molecule has 1 saturated carbocycles. The molecule has 0 amide bonds. The SMILES string of the molecule is CC12C=CC(CC1C=O)C2. The summed E-state index contributed by atoms with van der Waals surface area (Å²) in [6, 6.07) is 0. The molecule has 2 rings (SSSR count). The molecule has 0 aromatic carbocycles. The first-order chi connectivity index (χ1) is 4.74. The molecule has 0 heterocycles. The van der Waals surface area contributed by atoms with Crippen molar-refractivity contribution in [2.45, 2.75) is 19.8 Å². The molecule has 54 valence electrons. The maximum Gasteiger partial charge on any atom is 0.123 e. The summed E-state index contributed by atoms with van der Waals surface area (Å²) in [6.45, 7) is 2.19. The molecule has 1 nitrogen and oxygen atoms in total. The monoisotopic (exact) mass is 136 g/mol. The molecule has 0 spiro atoms. The van der Waals surface area contributed by atoms with E-state index < -0.39 is 0 Å². The van der Waals surface area contributed by atoms with E-state index in [1.807, 2.05) is 0 Å². The number of allylic oxidation sites excluding steroid dienone is 2. The summed E-state index contributed by atoms with van der Waals surface area (Å²) in [7, 11) is 0. The fraction of sp³-hybridized carbons (Fsp3) is 0.667. The lowest BCUT2D eigenvalue weighted by molar-refractivity contribution is -0.112. The fourth-order valence-electron chi connectivity index (χ4n) is 2.30. The van der Waals surface area contributed by atoms with Gasteiger partial charge in [0, 0.05) is 5.92 Å². The predicted molar refractivity (Wildman–Crippen MR) is 39.5 cm³/mol. The van der Waals surface area contributed by atoms with Crippen LogP contribution in [0.2, 0.25) is 0 Å². The van der Waals surface area contributed by atoms with Crippen molar-refractivity contribution in [3.63, 3.8) is 0 Å². The Hall–Kier alpha value is -0.590. The van der Waals surface area contributed by atoms with Crippen LogP contribution in [0.5, 0.6) is 0 Å². The Morgan fingerprint density at radius 3 is 2.80 bits per heavy atom. The highest BCUT2D eigenvalue weighted by Crippen LogP contribution is 2.51. The van der Waals surface area contributed by atoms with Crippen LogP contribution in [-0.4, -0.2) is 6.29 Å². The van der Waals surface area contributed by atoms with Gasteiger partial charge < -0.3 is 4.79 Å². The van der Waals surface area contributed by atoms with E-state index in [9.17, 15) is 4.79 Å². The Kier molecular flexibility index (Phi) is 1.05. The fourth-order valence-corrected chi connectivity index (χ4v) is 2.30. The summed E-state index contributed by atoms with van der Waals surface area (Å²) < 4.78 is 0. The van der Waals surface area contributed by atoms with E-state index in [1.54, 1.807) is 0 Å². The molecule has 0 saturated heterocycles. The molecule has 2 aliphatic rings. The molecule has 0 aromatic rings. The average Bonchev–Trinajstić information content (AvgIpc) is 2.41. The van der Waals surface area contributed by atoms with Crippen molar-refractivity contribution in [2.24, 2.45) is 17.3 Å². The molecule has 0 N–H and O–H groups in total. The Bertz CT molecular complexity index is 195. The molecule has 10 heavy (non-hydrogen) atoms. The second-order valence-corrected chi connectivity index (χ2v) is 3.81. The highest BCUT2D eigenvalue weighted by Gasteiger charge is 2.44. The smallest absolute Gasteiger partial charge is 0.123 e. The first-order valence-electron chi connectivity index (χ1n) is 3.89. The second-order valence-electron chi connectivity index (χ2n) is 3.81. The van der Waals surface area contributed by atoms with Crippen molar-refractivity contribution in [1.29, 1.82) is 0 Å². The molecule has 3 atom stereocenters. The highest BCUT2D eigenvalue weighted by atomic mass is 16.1. The van der Waals surface area contributed by atoms with E-state index in [0.717, 1.165) is 12.7 Å². The molecule has 3 unspecified atom stereocenters. The number of aldehydes is 1. The van der Waals surface area contributed by atoms with Gasteiger partial charge in [-0.15, -0.1) is 0 Å². The number of carbonyl (C=O) groups excluding carboxylic acids is 1. The maximum absolute atomic E-state index is 10.6. The number of fused-ring (bicyclic) bond motifs is 2. The average molecular weight is 136 g/mol. The minimum absolute atomic E-state index is 0.229. The topological polar surface area (TPSA) is 17.1 Å². The number of hydrogen-bond donors (Lipinski definition) is 0. The standard InChI is InChI=1S/C9H12O/c1-9-3-2-7(5-9)4-8(9)6-10/h2-3,6-8H,4-5H2,1H3. The quantitative estimate of drug-likeness (QED) is 0.396. The van der Waals surface area contributed by atoms with Gasteiger partial charge in [0.2, 0.25) is 0 Å². The van der Waals surface area contributed by atoms with Crippen molar-refractivity contribution in [3.8, 4) is 0 Å². The van der Waals surface area contributed by atoms with Crippen LogP contribution in [0.4, 0.5) is 0 Å². The number of hydrogen-bond acceptors (Lipinski definition) is 1. The molecular weight excluding hydrogens is 124 g/mol. The largest absolute Gasteiger partial charge is 0.303 e. The van der Waals surface area contributed by atoms with Crippen LogP contribution in [0, 0.1) is 17.3 Å². The second kappa shape index (κ2) is 1.71. The molecule has 1 fully saturated rings. The lowest BCUT2D eigenvalue weighted by atomic mass is 9.81. The van der Waals surface area contributed by atoms with E-state index in [-0.39, 0.29) is 5.41 Å². The number of rotatable bonds is 1. The van der Waals surface area contributed by atoms with Gasteiger partial charge >= 0.3 is 0 Å². The third kappa shape index (κ3) is 0.606. The molecule has 2 aliphatic carbocycles. The van der Waals surface area contributed by atoms with Crippen LogP contribution in [-0.2, 0) is 4.79 Å². The van der Waals surface area contributed by atoms with Crippen LogP contribution in [0.25, 0.3) is 0 Å². The van der Waals surface area contributed by atoms with Crippen molar-refractivity contribution in [3.05, 3.63) is 12.2 Å². The van der Waals surface area contributed by atoms with E-state index in [4.69, 9.17) is 0 Å². The van der Waals surface area contributed by atoms with Gasteiger partial charge in [-0.3, -0.25) is 0 Å². The van der Waals surface area contributed by atoms with E-state index in [2.05, 4.69) is 19.1 Å².